The van der Waals surface area contributed by atoms with Gasteiger partial charge in [0.25, 0.3) is 0 Å². The molecule has 1 rings (SSSR count). The summed E-state index contributed by atoms with van der Waals surface area (Å²) in [5.41, 5.74) is 0. The van der Waals surface area contributed by atoms with Crippen LogP contribution in [-0.2, 0) is 14.3 Å². The van der Waals surface area contributed by atoms with E-state index in [0.29, 0.717) is 13.2 Å². The Morgan fingerprint density at radius 3 is 2.88 bits per heavy atom. The van der Waals surface area contributed by atoms with Gasteiger partial charge in [-0.15, -0.1) is 0 Å². The van der Waals surface area contributed by atoms with Gasteiger partial charge in [0, 0.05) is 20.0 Å². The second-order valence-electron chi connectivity index (χ2n) is 4.00. The zero-order chi connectivity index (χ0) is 12.0. The number of amides is 1. The molecule has 1 atom stereocenters. The molecular formula is C12H19NO3. The predicted octanol–water partition coefficient (Wildman–Crippen LogP) is 1.36. The van der Waals surface area contributed by atoms with Crippen LogP contribution in [-0.4, -0.2) is 36.5 Å². The fourth-order valence-electron chi connectivity index (χ4n) is 1.80. The second kappa shape index (κ2) is 6.30. The molecule has 4 heteroatoms. The first-order chi connectivity index (χ1) is 7.65. The highest BCUT2D eigenvalue weighted by Crippen LogP contribution is 2.17. The first kappa shape index (κ1) is 12.7. The number of rotatable bonds is 3. The minimum atomic E-state index is -0.191. The van der Waals surface area contributed by atoms with E-state index in [4.69, 9.17) is 4.74 Å². The van der Waals surface area contributed by atoms with Gasteiger partial charge in [0.2, 0.25) is 5.91 Å². The number of ether oxygens (including phenoxy) is 1. The molecule has 90 valence electrons. The number of hydrogen-bond donors (Lipinski definition) is 0. The molecular weight excluding hydrogens is 206 g/mol. The molecule has 1 saturated heterocycles. The molecule has 0 spiro atoms. The Bertz CT molecular complexity index is 286. The van der Waals surface area contributed by atoms with Crippen LogP contribution >= 0.6 is 0 Å². The van der Waals surface area contributed by atoms with Crippen LogP contribution in [0.3, 0.4) is 0 Å². The second-order valence-corrected chi connectivity index (χ2v) is 4.00. The number of nitrogens with zero attached hydrogens (tertiary/aromatic N) is 1. The van der Waals surface area contributed by atoms with E-state index in [0.717, 1.165) is 19.4 Å². The van der Waals surface area contributed by atoms with Crippen LogP contribution in [0.4, 0.5) is 0 Å². The maximum Gasteiger partial charge on any atom is 0.311 e. The summed E-state index contributed by atoms with van der Waals surface area (Å²) in [4.78, 5) is 24.6. The molecule has 1 aliphatic heterocycles. The topological polar surface area (TPSA) is 46.6 Å². The Balaban J connectivity index is 2.40. The van der Waals surface area contributed by atoms with Crippen molar-refractivity contribution in [3.63, 3.8) is 0 Å². The Hall–Kier alpha value is -1.32. The van der Waals surface area contributed by atoms with Crippen molar-refractivity contribution in [2.75, 3.05) is 19.7 Å². The van der Waals surface area contributed by atoms with Crippen LogP contribution in [0.15, 0.2) is 12.2 Å². The first-order valence-electron chi connectivity index (χ1n) is 5.68. The lowest BCUT2D eigenvalue weighted by molar-refractivity contribution is -0.150. The fourth-order valence-corrected chi connectivity index (χ4v) is 1.80. The van der Waals surface area contributed by atoms with Crippen molar-refractivity contribution < 1.29 is 14.3 Å². The molecule has 0 bridgehead atoms. The highest BCUT2D eigenvalue weighted by molar-refractivity contribution is 5.76. The van der Waals surface area contributed by atoms with E-state index in [9.17, 15) is 9.59 Å². The van der Waals surface area contributed by atoms with Gasteiger partial charge < -0.3 is 9.64 Å². The molecule has 16 heavy (non-hydrogen) atoms. The summed E-state index contributed by atoms with van der Waals surface area (Å²) in [6.45, 7) is 5.00. The fraction of sp³-hybridized carbons (Fsp3) is 0.667. The predicted molar refractivity (Wildman–Crippen MR) is 60.8 cm³/mol. The summed E-state index contributed by atoms with van der Waals surface area (Å²) >= 11 is 0. The Morgan fingerprint density at radius 1 is 1.50 bits per heavy atom. The van der Waals surface area contributed by atoms with Gasteiger partial charge in [-0.25, -0.2) is 0 Å². The Morgan fingerprint density at radius 2 is 2.25 bits per heavy atom. The summed E-state index contributed by atoms with van der Waals surface area (Å²) in [6, 6.07) is 0. The van der Waals surface area contributed by atoms with Crippen LogP contribution in [0.1, 0.15) is 26.7 Å². The van der Waals surface area contributed by atoms with Gasteiger partial charge in [-0.2, -0.15) is 0 Å². The molecule has 0 aromatic heterocycles. The minimum absolute atomic E-state index is 0.0333. The summed E-state index contributed by atoms with van der Waals surface area (Å²) in [6.07, 6.45) is 5.33. The number of likely N-dealkylation sites (tertiary alicyclic amines) is 1. The lowest BCUT2D eigenvalue weighted by atomic mass is 9.98. The number of allylic oxidation sites excluding steroid dienone is 1. The van der Waals surface area contributed by atoms with Crippen LogP contribution in [0.5, 0.6) is 0 Å². The van der Waals surface area contributed by atoms with Gasteiger partial charge >= 0.3 is 5.97 Å². The van der Waals surface area contributed by atoms with Gasteiger partial charge in [0.15, 0.2) is 0 Å². The smallest absolute Gasteiger partial charge is 0.311 e. The van der Waals surface area contributed by atoms with Crippen molar-refractivity contribution in [1.82, 2.24) is 4.90 Å². The van der Waals surface area contributed by atoms with E-state index in [2.05, 4.69) is 0 Å². The number of carbonyl (C=O) groups excluding carboxylic acids is 2. The largest absolute Gasteiger partial charge is 0.461 e. The molecule has 0 aliphatic carbocycles. The molecule has 1 fully saturated rings. The molecule has 1 heterocycles. The molecule has 0 aromatic rings. The third kappa shape index (κ3) is 3.68. The molecule has 0 aromatic carbocycles. The number of carbonyl (C=O) groups is 2. The quantitative estimate of drug-likeness (QED) is 0.538. The van der Waals surface area contributed by atoms with Gasteiger partial charge in [-0.05, 0) is 19.8 Å². The van der Waals surface area contributed by atoms with Crippen molar-refractivity contribution >= 4 is 11.9 Å². The van der Waals surface area contributed by atoms with Crippen molar-refractivity contribution in [3.8, 4) is 0 Å². The molecule has 0 saturated carbocycles. The monoisotopic (exact) mass is 225 g/mol. The third-order valence-electron chi connectivity index (χ3n) is 2.76. The highest BCUT2D eigenvalue weighted by Gasteiger charge is 2.27. The van der Waals surface area contributed by atoms with Gasteiger partial charge in [0.05, 0.1) is 5.92 Å². The molecule has 0 N–H and O–H groups in total. The van der Waals surface area contributed by atoms with Crippen molar-refractivity contribution in [1.29, 1.82) is 0 Å². The van der Waals surface area contributed by atoms with Gasteiger partial charge in [0.1, 0.15) is 6.61 Å². The Labute approximate surface area is 96.3 Å². The summed E-state index contributed by atoms with van der Waals surface area (Å²) in [7, 11) is 0. The van der Waals surface area contributed by atoms with Crippen LogP contribution in [0.2, 0.25) is 0 Å². The van der Waals surface area contributed by atoms with Crippen LogP contribution in [0, 0.1) is 5.92 Å². The van der Waals surface area contributed by atoms with E-state index in [1.165, 1.54) is 6.92 Å². The summed E-state index contributed by atoms with van der Waals surface area (Å²) < 4.78 is 5.09. The average Bonchev–Trinajstić information content (AvgIpc) is 2.29. The molecule has 1 aliphatic rings. The molecule has 0 radical (unpaired) electrons. The van der Waals surface area contributed by atoms with Crippen LogP contribution < -0.4 is 0 Å². The maximum atomic E-state index is 11.6. The van der Waals surface area contributed by atoms with Gasteiger partial charge in [-0.3, -0.25) is 9.59 Å². The lowest BCUT2D eigenvalue weighted by Gasteiger charge is -2.30. The van der Waals surface area contributed by atoms with E-state index in [1.54, 1.807) is 11.0 Å². The molecule has 4 nitrogen and oxygen atoms in total. The average molecular weight is 225 g/mol. The standard InChI is InChI=1S/C12H19NO3/c1-3-4-8-16-12(15)11-6-5-7-13(9-11)10(2)14/h3-4,11H,5-9H2,1-2H3/b4-3+. The third-order valence-corrected chi connectivity index (χ3v) is 2.76. The number of esters is 1. The summed E-state index contributed by atoms with van der Waals surface area (Å²) in [5, 5.41) is 0. The normalized spacial score (nSPS) is 21.1. The van der Waals surface area contributed by atoms with Crippen LogP contribution in [0.25, 0.3) is 0 Å². The van der Waals surface area contributed by atoms with Gasteiger partial charge in [-0.1, -0.05) is 12.2 Å². The number of piperidine rings is 1. The van der Waals surface area contributed by atoms with E-state index >= 15 is 0 Å². The number of hydrogen-bond acceptors (Lipinski definition) is 3. The molecule has 1 amide bonds. The zero-order valence-electron chi connectivity index (χ0n) is 9.94. The molecule has 1 unspecified atom stereocenters. The maximum absolute atomic E-state index is 11.6. The van der Waals surface area contributed by atoms with E-state index in [-0.39, 0.29) is 17.8 Å². The SMILES string of the molecule is C/C=C/COC(=O)C1CCCN(C(C)=O)C1. The van der Waals surface area contributed by atoms with E-state index < -0.39 is 0 Å². The Kier molecular flexibility index (Phi) is 5.02. The first-order valence-corrected chi connectivity index (χ1v) is 5.68. The summed E-state index contributed by atoms with van der Waals surface area (Å²) in [5.74, 6) is -0.307. The van der Waals surface area contributed by atoms with E-state index in [1.807, 2.05) is 13.0 Å². The van der Waals surface area contributed by atoms with Crippen molar-refractivity contribution in [3.05, 3.63) is 12.2 Å². The van der Waals surface area contributed by atoms with Crippen molar-refractivity contribution in [2.45, 2.75) is 26.7 Å². The highest BCUT2D eigenvalue weighted by atomic mass is 16.5. The minimum Gasteiger partial charge on any atom is -0.461 e. The lowest BCUT2D eigenvalue weighted by Crippen LogP contribution is -2.41. The zero-order valence-corrected chi connectivity index (χ0v) is 9.94. The van der Waals surface area contributed by atoms with Crippen molar-refractivity contribution in [2.24, 2.45) is 5.92 Å².